The van der Waals surface area contributed by atoms with E-state index < -0.39 is 20.7 Å². The Kier molecular flexibility index (Phi) is 7.19. The lowest BCUT2D eigenvalue weighted by Gasteiger charge is -2.34. The van der Waals surface area contributed by atoms with Crippen molar-refractivity contribution in [3.63, 3.8) is 0 Å². The lowest BCUT2D eigenvalue weighted by Crippen LogP contribution is -2.49. The van der Waals surface area contributed by atoms with Crippen molar-refractivity contribution >= 4 is 21.4 Å². The Bertz CT molecular complexity index is 833. The van der Waals surface area contributed by atoms with E-state index in [2.05, 4.69) is 0 Å². The summed E-state index contributed by atoms with van der Waals surface area (Å²) in [6.07, 6.45) is 1.19. The first-order valence-electron chi connectivity index (χ1n) is 8.84. The molecule has 0 atom stereocenters. The normalized spacial score (nSPS) is 15.3. The molecule has 1 aromatic rings. The SMILES string of the molecule is CCOc1cc(C(=O)N2CCN(CCS(C)(=O)=O)CC2)c([N+](=O)[O-])cc1OC. The second-order valence-corrected chi connectivity index (χ2v) is 8.73. The topological polar surface area (TPSA) is 119 Å². The molecule has 0 spiro atoms. The largest absolute Gasteiger partial charge is 0.493 e. The van der Waals surface area contributed by atoms with Crippen LogP contribution in [0.4, 0.5) is 5.69 Å². The van der Waals surface area contributed by atoms with Crippen LogP contribution in [0.15, 0.2) is 12.1 Å². The van der Waals surface area contributed by atoms with E-state index >= 15 is 0 Å². The highest BCUT2D eigenvalue weighted by atomic mass is 32.2. The van der Waals surface area contributed by atoms with Crippen LogP contribution in [0.5, 0.6) is 11.5 Å². The van der Waals surface area contributed by atoms with Gasteiger partial charge in [-0.3, -0.25) is 19.8 Å². The van der Waals surface area contributed by atoms with Crippen LogP contribution in [0, 0.1) is 10.1 Å². The molecule has 1 aliphatic heterocycles. The van der Waals surface area contributed by atoms with Crippen LogP contribution in [0.3, 0.4) is 0 Å². The maximum absolute atomic E-state index is 12.9. The number of hydrogen-bond acceptors (Lipinski definition) is 8. The van der Waals surface area contributed by atoms with Gasteiger partial charge in [0.15, 0.2) is 11.5 Å². The molecule has 156 valence electrons. The van der Waals surface area contributed by atoms with Crippen LogP contribution in [-0.4, -0.2) is 87.5 Å². The number of nitro benzene ring substituents is 1. The van der Waals surface area contributed by atoms with Gasteiger partial charge in [-0.25, -0.2) is 8.42 Å². The summed E-state index contributed by atoms with van der Waals surface area (Å²) in [5.74, 6) is 0.0577. The highest BCUT2D eigenvalue weighted by molar-refractivity contribution is 7.90. The van der Waals surface area contributed by atoms with Gasteiger partial charge < -0.3 is 14.4 Å². The van der Waals surface area contributed by atoms with E-state index in [-0.39, 0.29) is 28.5 Å². The number of methoxy groups -OCH3 is 1. The molecule has 0 unspecified atom stereocenters. The van der Waals surface area contributed by atoms with E-state index in [4.69, 9.17) is 9.47 Å². The number of rotatable bonds is 8. The fraction of sp³-hybridized carbons (Fsp3) is 0.588. The van der Waals surface area contributed by atoms with Gasteiger partial charge >= 0.3 is 0 Å². The van der Waals surface area contributed by atoms with Crippen molar-refractivity contribution in [2.75, 3.05) is 58.4 Å². The third-order valence-electron chi connectivity index (χ3n) is 4.45. The number of amides is 1. The van der Waals surface area contributed by atoms with Crippen molar-refractivity contribution in [1.82, 2.24) is 9.80 Å². The van der Waals surface area contributed by atoms with Gasteiger partial charge in [-0.1, -0.05) is 0 Å². The number of hydrogen-bond donors (Lipinski definition) is 0. The number of benzene rings is 1. The van der Waals surface area contributed by atoms with Gasteiger partial charge in [0.05, 0.1) is 30.5 Å². The molecule has 1 aromatic carbocycles. The Morgan fingerprint density at radius 1 is 1.21 bits per heavy atom. The summed E-state index contributed by atoms with van der Waals surface area (Å²) in [4.78, 5) is 27.2. The smallest absolute Gasteiger partial charge is 0.286 e. The van der Waals surface area contributed by atoms with Crippen molar-refractivity contribution in [3.8, 4) is 11.5 Å². The summed E-state index contributed by atoms with van der Waals surface area (Å²) >= 11 is 0. The van der Waals surface area contributed by atoms with Gasteiger partial charge in [0.1, 0.15) is 15.4 Å². The molecule has 0 N–H and O–H groups in total. The van der Waals surface area contributed by atoms with Gasteiger partial charge in [-0.15, -0.1) is 0 Å². The standard InChI is InChI=1S/C17H25N3O7S/c1-4-27-16-11-13(14(20(22)23)12-15(16)26-2)17(21)19-7-5-18(6-8-19)9-10-28(3,24)25/h11-12H,4-10H2,1-3H3. The zero-order valence-corrected chi connectivity index (χ0v) is 17.0. The summed E-state index contributed by atoms with van der Waals surface area (Å²) < 4.78 is 33.2. The first kappa shape index (κ1) is 21.9. The molecule has 1 aliphatic rings. The molecule has 28 heavy (non-hydrogen) atoms. The molecule has 10 nitrogen and oxygen atoms in total. The number of piperazine rings is 1. The summed E-state index contributed by atoms with van der Waals surface area (Å²) in [6.45, 7) is 4.20. The van der Waals surface area contributed by atoms with E-state index in [1.807, 2.05) is 4.90 Å². The van der Waals surface area contributed by atoms with Gasteiger partial charge in [0.25, 0.3) is 11.6 Å². The number of ether oxygens (including phenoxy) is 2. The average molecular weight is 415 g/mol. The highest BCUT2D eigenvalue weighted by Gasteiger charge is 2.30. The van der Waals surface area contributed by atoms with Crippen LogP contribution < -0.4 is 9.47 Å². The molecule has 1 fully saturated rings. The lowest BCUT2D eigenvalue weighted by molar-refractivity contribution is -0.385. The monoisotopic (exact) mass is 415 g/mol. The van der Waals surface area contributed by atoms with Gasteiger partial charge in [0, 0.05) is 45.0 Å². The van der Waals surface area contributed by atoms with Crippen molar-refractivity contribution in [1.29, 1.82) is 0 Å². The van der Waals surface area contributed by atoms with Crippen LogP contribution in [0.2, 0.25) is 0 Å². The fourth-order valence-corrected chi connectivity index (χ4v) is 3.53. The zero-order valence-electron chi connectivity index (χ0n) is 16.2. The number of nitrogens with zero attached hydrogens (tertiary/aromatic N) is 3. The minimum absolute atomic E-state index is 0.0566. The first-order chi connectivity index (χ1) is 13.2. The Labute approximate surface area is 164 Å². The molecule has 0 saturated carbocycles. The Morgan fingerprint density at radius 3 is 2.36 bits per heavy atom. The minimum Gasteiger partial charge on any atom is -0.493 e. The fourth-order valence-electron chi connectivity index (χ4n) is 2.94. The van der Waals surface area contributed by atoms with Crippen molar-refractivity contribution in [2.45, 2.75) is 6.92 Å². The molecular formula is C17H25N3O7S. The van der Waals surface area contributed by atoms with Crippen LogP contribution in [0.25, 0.3) is 0 Å². The average Bonchev–Trinajstić information content (AvgIpc) is 2.65. The summed E-state index contributed by atoms with van der Waals surface area (Å²) in [5, 5.41) is 11.5. The van der Waals surface area contributed by atoms with Crippen molar-refractivity contribution in [3.05, 3.63) is 27.8 Å². The number of carbonyl (C=O) groups excluding carboxylic acids is 1. The predicted molar refractivity (Wildman–Crippen MR) is 103 cm³/mol. The predicted octanol–water partition coefficient (Wildman–Crippen LogP) is 0.805. The first-order valence-corrected chi connectivity index (χ1v) is 10.9. The van der Waals surface area contributed by atoms with E-state index in [0.29, 0.717) is 39.3 Å². The van der Waals surface area contributed by atoms with Crippen LogP contribution >= 0.6 is 0 Å². The molecular weight excluding hydrogens is 390 g/mol. The minimum atomic E-state index is -3.05. The quantitative estimate of drug-likeness (QED) is 0.452. The third kappa shape index (κ3) is 5.55. The maximum atomic E-state index is 12.9. The number of carbonyl (C=O) groups is 1. The maximum Gasteiger partial charge on any atom is 0.286 e. The molecule has 2 rings (SSSR count). The van der Waals surface area contributed by atoms with Gasteiger partial charge in [0.2, 0.25) is 0 Å². The molecule has 11 heteroatoms. The van der Waals surface area contributed by atoms with Gasteiger partial charge in [-0.2, -0.15) is 0 Å². The second-order valence-electron chi connectivity index (χ2n) is 6.47. The molecule has 0 bridgehead atoms. The van der Waals surface area contributed by atoms with Crippen molar-refractivity contribution < 1.29 is 27.6 Å². The van der Waals surface area contributed by atoms with E-state index in [9.17, 15) is 23.3 Å². The molecule has 0 aromatic heterocycles. The van der Waals surface area contributed by atoms with E-state index in [0.717, 1.165) is 0 Å². The Morgan fingerprint density at radius 2 is 1.86 bits per heavy atom. The molecule has 0 aliphatic carbocycles. The lowest BCUT2D eigenvalue weighted by atomic mass is 10.1. The van der Waals surface area contributed by atoms with E-state index in [1.54, 1.807) is 6.92 Å². The van der Waals surface area contributed by atoms with Crippen LogP contribution in [-0.2, 0) is 9.84 Å². The van der Waals surface area contributed by atoms with E-state index in [1.165, 1.54) is 30.4 Å². The molecule has 0 radical (unpaired) electrons. The second kappa shape index (κ2) is 9.20. The summed E-state index contributed by atoms with van der Waals surface area (Å²) in [5.41, 5.74) is -0.399. The van der Waals surface area contributed by atoms with Gasteiger partial charge in [-0.05, 0) is 6.92 Å². The number of nitro groups is 1. The summed E-state index contributed by atoms with van der Waals surface area (Å²) in [7, 11) is -1.68. The molecule has 1 saturated heterocycles. The van der Waals surface area contributed by atoms with Crippen molar-refractivity contribution in [2.24, 2.45) is 0 Å². The van der Waals surface area contributed by atoms with Crippen LogP contribution in [0.1, 0.15) is 17.3 Å². The summed E-state index contributed by atoms with van der Waals surface area (Å²) in [6, 6.07) is 2.54. The molecule has 1 heterocycles. The Hall–Kier alpha value is -2.40. The highest BCUT2D eigenvalue weighted by Crippen LogP contribution is 2.35. The third-order valence-corrected chi connectivity index (χ3v) is 5.37. The Balaban J connectivity index is 2.17. The zero-order chi connectivity index (χ0) is 20.9. The number of sulfone groups is 1. The molecule has 1 amide bonds.